The van der Waals surface area contributed by atoms with Crippen molar-refractivity contribution in [2.45, 2.75) is 25.4 Å². The fraction of sp³-hybridized carbons (Fsp3) is 0.211. The number of nitrogen functional groups attached to an aromatic ring is 1. The van der Waals surface area contributed by atoms with Gasteiger partial charge in [-0.1, -0.05) is 0 Å². The van der Waals surface area contributed by atoms with E-state index in [1.165, 1.54) is 18.3 Å². The molecule has 0 aliphatic carbocycles. The van der Waals surface area contributed by atoms with Crippen molar-refractivity contribution < 1.29 is 19.5 Å². The number of amides is 2. The van der Waals surface area contributed by atoms with Crippen molar-refractivity contribution in [1.82, 2.24) is 25.3 Å². The Bertz CT molecular complexity index is 1220. The van der Waals surface area contributed by atoms with Gasteiger partial charge in [-0.2, -0.15) is 4.98 Å². The molecule has 0 spiro atoms. The number of nitrogens with two attached hydrogens (primary N) is 2. The molecule has 1 atom stereocenters. The van der Waals surface area contributed by atoms with Gasteiger partial charge in [0.1, 0.15) is 0 Å². The van der Waals surface area contributed by atoms with E-state index in [1.54, 1.807) is 12.1 Å². The molecule has 166 valence electrons. The number of rotatable bonds is 9. The predicted molar refractivity (Wildman–Crippen MR) is 111 cm³/mol. The highest BCUT2D eigenvalue weighted by Crippen LogP contribution is 2.12. The Morgan fingerprint density at radius 2 is 1.88 bits per heavy atom. The van der Waals surface area contributed by atoms with Crippen LogP contribution in [0, 0.1) is 0 Å². The number of carbonyl (C=O) groups excluding carboxylic acids is 3. The van der Waals surface area contributed by atoms with Gasteiger partial charge in [0.25, 0.3) is 11.5 Å². The highest BCUT2D eigenvalue weighted by atomic mass is 16.4. The summed E-state index contributed by atoms with van der Waals surface area (Å²) in [5.74, 6) is -2.87. The van der Waals surface area contributed by atoms with E-state index in [-0.39, 0.29) is 42.1 Å². The van der Waals surface area contributed by atoms with Crippen LogP contribution in [0.15, 0.2) is 35.3 Å². The number of anilines is 2. The van der Waals surface area contributed by atoms with Gasteiger partial charge in [-0.15, -0.1) is 0 Å². The molecule has 0 aliphatic heterocycles. The first-order valence-electron chi connectivity index (χ1n) is 9.38. The topological polar surface area (TPSA) is 222 Å². The van der Waals surface area contributed by atoms with Gasteiger partial charge in [0.15, 0.2) is 11.2 Å². The van der Waals surface area contributed by atoms with Gasteiger partial charge < -0.3 is 32.0 Å². The van der Waals surface area contributed by atoms with Gasteiger partial charge in [-0.3, -0.25) is 19.4 Å². The van der Waals surface area contributed by atoms with Gasteiger partial charge in [-0.25, -0.2) is 9.97 Å². The van der Waals surface area contributed by atoms with Crippen LogP contribution in [0.1, 0.15) is 28.9 Å². The molecular weight excluding hydrogens is 420 g/mol. The second kappa shape index (κ2) is 9.51. The molecular formula is C19H19N8O5-. The number of H-pyrrole nitrogens is 1. The number of benzene rings is 1. The van der Waals surface area contributed by atoms with Gasteiger partial charge in [0, 0.05) is 17.7 Å². The Hall–Kier alpha value is -4.55. The van der Waals surface area contributed by atoms with Crippen molar-refractivity contribution >= 4 is 40.6 Å². The number of primary amides is 1. The summed E-state index contributed by atoms with van der Waals surface area (Å²) in [4.78, 5) is 60.7. The molecule has 3 rings (SSSR count). The number of nitrogens with zero attached hydrogens (tertiary/aromatic N) is 3. The minimum absolute atomic E-state index is 0.0504. The van der Waals surface area contributed by atoms with Crippen LogP contribution in [0.3, 0.4) is 0 Å². The Labute approximate surface area is 180 Å². The molecule has 32 heavy (non-hydrogen) atoms. The van der Waals surface area contributed by atoms with Gasteiger partial charge in [0.2, 0.25) is 11.9 Å². The third kappa shape index (κ3) is 5.53. The largest absolute Gasteiger partial charge is 0.548 e. The highest BCUT2D eigenvalue weighted by Gasteiger charge is 2.16. The van der Waals surface area contributed by atoms with E-state index in [0.29, 0.717) is 11.4 Å². The smallest absolute Gasteiger partial charge is 0.280 e. The summed E-state index contributed by atoms with van der Waals surface area (Å²) in [6, 6.07) is 4.85. The lowest BCUT2D eigenvalue weighted by Gasteiger charge is -2.19. The van der Waals surface area contributed by atoms with E-state index in [0.717, 1.165) is 0 Å². The number of hydrogen-bond donors (Lipinski definition) is 5. The van der Waals surface area contributed by atoms with E-state index >= 15 is 0 Å². The molecule has 0 fully saturated rings. The Balaban J connectivity index is 1.62. The van der Waals surface area contributed by atoms with Crippen molar-refractivity contribution in [3.05, 3.63) is 52.1 Å². The molecule has 0 radical (unpaired) electrons. The van der Waals surface area contributed by atoms with E-state index in [2.05, 4.69) is 30.6 Å². The molecule has 2 heterocycles. The van der Waals surface area contributed by atoms with Crippen molar-refractivity contribution in [1.29, 1.82) is 0 Å². The van der Waals surface area contributed by atoms with Crippen LogP contribution in [-0.4, -0.2) is 43.8 Å². The van der Waals surface area contributed by atoms with Gasteiger partial charge >= 0.3 is 0 Å². The van der Waals surface area contributed by atoms with Crippen molar-refractivity contribution in [2.75, 3.05) is 11.1 Å². The number of nitrogens with one attached hydrogen (secondary N) is 3. The van der Waals surface area contributed by atoms with Crippen LogP contribution in [0.5, 0.6) is 0 Å². The fourth-order valence-corrected chi connectivity index (χ4v) is 2.77. The molecule has 1 unspecified atom stereocenters. The van der Waals surface area contributed by atoms with Crippen LogP contribution in [0.25, 0.3) is 11.2 Å². The lowest BCUT2D eigenvalue weighted by molar-refractivity contribution is -0.308. The standard InChI is InChI=1S/C19H20N8O5/c20-13(28)6-5-12(18(31)32)25-16(29)9-1-3-10(4-2-9)22-7-11-8-23-15-14(24-11)17(30)27-19(21)26-15/h1-4,8,12,22H,5-7H2,(H2,20,28)(H,25,29)(H,31,32)(H3,21,23,26,27,30)/p-1. The molecule has 2 amide bonds. The highest BCUT2D eigenvalue weighted by molar-refractivity contribution is 5.96. The number of carboxylic acids is 1. The van der Waals surface area contributed by atoms with Crippen molar-refractivity contribution in [2.24, 2.45) is 5.73 Å². The van der Waals surface area contributed by atoms with Gasteiger partial charge in [-0.05, 0) is 30.7 Å². The zero-order valence-corrected chi connectivity index (χ0v) is 16.6. The van der Waals surface area contributed by atoms with Crippen LogP contribution in [0.4, 0.5) is 11.6 Å². The first kappa shape index (κ1) is 22.1. The lowest BCUT2D eigenvalue weighted by Crippen LogP contribution is -2.48. The molecule has 7 N–H and O–H groups in total. The maximum Gasteiger partial charge on any atom is 0.280 e. The number of hydrogen-bond acceptors (Lipinski definition) is 10. The van der Waals surface area contributed by atoms with Crippen LogP contribution in [0.2, 0.25) is 0 Å². The third-order valence-corrected chi connectivity index (χ3v) is 4.38. The van der Waals surface area contributed by atoms with E-state index in [4.69, 9.17) is 11.5 Å². The molecule has 0 saturated carbocycles. The zero-order chi connectivity index (χ0) is 23.3. The Morgan fingerprint density at radius 3 is 2.53 bits per heavy atom. The van der Waals surface area contributed by atoms with Crippen LogP contribution >= 0.6 is 0 Å². The molecule has 3 aromatic rings. The first-order chi connectivity index (χ1) is 15.2. The van der Waals surface area contributed by atoms with Crippen molar-refractivity contribution in [3.63, 3.8) is 0 Å². The molecule has 0 aliphatic rings. The average Bonchev–Trinajstić information content (AvgIpc) is 2.75. The monoisotopic (exact) mass is 439 g/mol. The number of carboxylic acid groups (broad SMARTS) is 1. The number of aliphatic carboxylic acids is 1. The van der Waals surface area contributed by atoms with Crippen LogP contribution < -0.4 is 32.8 Å². The third-order valence-electron chi connectivity index (χ3n) is 4.38. The molecule has 0 saturated heterocycles. The summed E-state index contributed by atoms with van der Waals surface area (Å²) in [7, 11) is 0. The average molecular weight is 439 g/mol. The second-order valence-electron chi connectivity index (χ2n) is 6.77. The fourth-order valence-electron chi connectivity index (χ4n) is 2.77. The summed E-state index contributed by atoms with van der Waals surface area (Å²) >= 11 is 0. The van der Waals surface area contributed by atoms with Crippen LogP contribution in [-0.2, 0) is 16.1 Å². The molecule has 1 aromatic carbocycles. The number of aromatic nitrogens is 4. The summed E-state index contributed by atoms with van der Waals surface area (Å²) in [5, 5.41) is 16.5. The van der Waals surface area contributed by atoms with Crippen molar-refractivity contribution in [3.8, 4) is 0 Å². The van der Waals surface area contributed by atoms with E-state index < -0.39 is 29.4 Å². The maximum absolute atomic E-state index is 12.3. The minimum Gasteiger partial charge on any atom is -0.548 e. The molecule has 0 bridgehead atoms. The van der Waals surface area contributed by atoms with E-state index in [9.17, 15) is 24.3 Å². The van der Waals surface area contributed by atoms with E-state index in [1.807, 2.05) is 0 Å². The normalized spacial score (nSPS) is 11.6. The number of aromatic amines is 1. The molecule has 13 heteroatoms. The summed E-state index contributed by atoms with van der Waals surface area (Å²) in [5.41, 5.74) is 11.5. The number of carbonyl (C=O) groups is 3. The molecule has 13 nitrogen and oxygen atoms in total. The maximum atomic E-state index is 12.3. The number of fused-ring (bicyclic) bond motifs is 1. The SMILES string of the molecule is NC(=O)CCC(NC(=O)c1ccc(NCc2cnc3nc(N)[nH]c(=O)c3n2)cc1)C(=O)[O-]. The predicted octanol–water partition coefficient (Wildman–Crippen LogP) is -1.98. The van der Waals surface area contributed by atoms with Gasteiger partial charge in [0.05, 0.1) is 30.4 Å². The summed E-state index contributed by atoms with van der Waals surface area (Å²) in [6.45, 7) is 0.234. The lowest BCUT2D eigenvalue weighted by atomic mass is 10.1. The summed E-state index contributed by atoms with van der Waals surface area (Å²) in [6.07, 6.45) is 1.09. The first-order valence-corrected chi connectivity index (χ1v) is 9.38. The zero-order valence-electron chi connectivity index (χ0n) is 16.6. The Kier molecular flexibility index (Phi) is 6.58. The second-order valence-corrected chi connectivity index (χ2v) is 6.77. The quantitative estimate of drug-likeness (QED) is 0.247. The minimum atomic E-state index is -1.51. The Morgan fingerprint density at radius 1 is 1.16 bits per heavy atom. The summed E-state index contributed by atoms with van der Waals surface area (Å²) < 4.78 is 0. The molecule has 2 aromatic heterocycles.